The van der Waals surface area contributed by atoms with Crippen LogP contribution in [0.2, 0.25) is 0 Å². The third-order valence-electron chi connectivity index (χ3n) is 3.81. The van der Waals surface area contributed by atoms with Gasteiger partial charge in [0.05, 0.1) is 0 Å². The van der Waals surface area contributed by atoms with Crippen molar-refractivity contribution >= 4 is 11.9 Å². The van der Waals surface area contributed by atoms with Gasteiger partial charge in [0.15, 0.2) is 0 Å². The van der Waals surface area contributed by atoms with Crippen molar-refractivity contribution in [2.45, 2.75) is 38.6 Å². The molecule has 19 heavy (non-hydrogen) atoms. The number of nitrogens with zero attached hydrogens (tertiary/aromatic N) is 1. The molecule has 0 saturated carbocycles. The van der Waals surface area contributed by atoms with E-state index in [1.54, 1.807) is 20.0 Å². The maximum Gasteiger partial charge on any atom is 0.326 e. The summed E-state index contributed by atoms with van der Waals surface area (Å²) in [4.78, 5) is 24.7. The van der Waals surface area contributed by atoms with Crippen LogP contribution in [0.5, 0.6) is 0 Å². The van der Waals surface area contributed by atoms with Gasteiger partial charge in [0.2, 0.25) is 0 Å². The lowest BCUT2D eigenvalue weighted by Gasteiger charge is -2.24. The number of fused-ring (bicyclic) bond motifs is 1. The molecule has 0 radical (unpaired) electrons. The minimum absolute atomic E-state index is 0.219. The highest BCUT2D eigenvalue weighted by molar-refractivity contribution is 5.96. The van der Waals surface area contributed by atoms with Gasteiger partial charge < -0.3 is 10.0 Å². The summed E-state index contributed by atoms with van der Waals surface area (Å²) in [5.74, 6) is -1.18. The van der Waals surface area contributed by atoms with Crippen LogP contribution in [-0.4, -0.2) is 35.0 Å². The molecule has 1 aromatic rings. The van der Waals surface area contributed by atoms with E-state index < -0.39 is 12.0 Å². The second kappa shape index (κ2) is 5.43. The number of rotatable bonds is 4. The number of carboxylic acids is 1. The highest BCUT2D eigenvalue weighted by atomic mass is 16.4. The number of aryl methyl sites for hydroxylation is 2. The normalized spacial score (nSPS) is 14.8. The van der Waals surface area contributed by atoms with Gasteiger partial charge >= 0.3 is 5.97 Å². The van der Waals surface area contributed by atoms with Gasteiger partial charge in [0.25, 0.3) is 5.91 Å². The van der Waals surface area contributed by atoms with E-state index in [1.807, 2.05) is 12.1 Å². The maximum atomic E-state index is 12.3. The highest BCUT2D eigenvalue weighted by Gasteiger charge is 2.26. The summed E-state index contributed by atoms with van der Waals surface area (Å²) in [6.45, 7) is 1.77. The van der Waals surface area contributed by atoms with E-state index in [-0.39, 0.29) is 5.91 Å². The predicted octanol–water partition coefficient (Wildman–Crippen LogP) is 2.11. The largest absolute Gasteiger partial charge is 0.480 e. The number of carboxylic acid groups (broad SMARTS) is 1. The van der Waals surface area contributed by atoms with Gasteiger partial charge in [-0.3, -0.25) is 4.79 Å². The molecule has 1 unspecified atom stereocenters. The van der Waals surface area contributed by atoms with Gasteiger partial charge in [-0.05, 0) is 48.9 Å². The third kappa shape index (κ3) is 2.62. The van der Waals surface area contributed by atoms with Gasteiger partial charge in [0, 0.05) is 12.6 Å². The molecule has 0 saturated heterocycles. The Morgan fingerprint density at radius 2 is 2.00 bits per heavy atom. The van der Waals surface area contributed by atoms with Crippen molar-refractivity contribution in [3.8, 4) is 0 Å². The Labute approximate surface area is 113 Å². The van der Waals surface area contributed by atoms with Gasteiger partial charge in [-0.2, -0.15) is 0 Å². The number of hydrogen-bond donors (Lipinski definition) is 1. The Bertz CT molecular complexity index is 510. The molecule has 2 rings (SSSR count). The standard InChI is InChI=1S/C15H19NO3/c1-3-13(15(18)19)16(2)14(17)12-8-7-10-5-4-6-11(10)9-12/h7-9,13H,3-6H2,1-2H3,(H,18,19). The van der Waals surface area contributed by atoms with Gasteiger partial charge in [-0.15, -0.1) is 0 Å². The Morgan fingerprint density at radius 1 is 1.32 bits per heavy atom. The zero-order valence-corrected chi connectivity index (χ0v) is 11.3. The highest BCUT2D eigenvalue weighted by Crippen LogP contribution is 2.23. The number of carbonyl (C=O) groups excluding carboxylic acids is 1. The van der Waals surface area contributed by atoms with Crippen LogP contribution in [0.4, 0.5) is 0 Å². The Morgan fingerprint density at radius 3 is 2.63 bits per heavy atom. The van der Waals surface area contributed by atoms with Crippen LogP contribution in [0, 0.1) is 0 Å². The van der Waals surface area contributed by atoms with Crippen molar-refractivity contribution in [3.05, 3.63) is 34.9 Å². The van der Waals surface area contributed by atoms with Crippen LogP contribution in [0.1, 0.15) is 41.3 Å². The predicted molar refractivity (Wildman–Crippen MR) is 72.3 cm³/mol. The molecule has 1 N–H and O–H groups in total. The molecule has 0 heterocycles. The average molecular weight is 261 g/mol. The van der Waals surface area contributed by atoms with Crippen LogP contribution in [0.25, 0.3) is 0 Å². The summed E-state index contributed by atoms with van der Waals surface area (Å²) in [6, 6.07) is 4.94. The molecule has 0 aromatic heterocycles. The van der Waals surface area contributed by atoms with Gasteiger partial charge in [-0.1, -0.05) is 13.0 Å². The summed E-state index contributed by atoms with van der Waals surface area (Å²) in [6.07, 6.45) is 3.63. The second-order valence-corrected chi connectivity index (χ2v) is 5.02. The third-order valence-corrected chi connectivity index (χ3v) is 3.81. The molecule has 1 aliphatic rings. The molecule has 1 aromatic carbocycles. The van der Waals surface area contributed by atoms with E-state index in [0.717, 1.165) is 19.3 Å². The first-order valence-corrected chi connectivity index (χ1v) is 6.66. The lowest BCUT2D eigenvalue weighted by Crippen LogP contribution is -2.42. The van der Waals surface area contributed by atoms with Crippen molar-refractivity contribution < 1.29 is 14.7 Å². The summed E-state index contributed by atoms with van der Waals surface area (Å²) in [7, 11) is 1.55. The average Bonchev–Trinajstić information content (AvgIpc) is 2.85. The fourth-order valence-corrected chi connectivity index (χ4v) is 2.66. The SMILES string of the molecule is CCC(C(=O)O)N(C)C(=O)c1ccc2c(c1)CCC2. The van der Waals surface area contributed by atoms with Crippen molar-refractivity contribution in [2.24, 2.45) is 0 Å². The molecule has 0 spiro atoms. The quantitative estimate of drug-likeness (QED) is 0.903. The lowest BCUT2D eigenvalue weighted by atomic mass is 10.0. The molecule has 4 nitrogen and oxygen atoms in total. The fourth-order valence-electron chi connectivity index (χ4n) is 2.66. The molecular formula is C15H19NO3. The zero-order chi connectivity index (χ0) is 14.0. The molecular weight excluding hydrogens is 242 g/mol. The summed E-state index contributed by atoms with van der Waals surface area (Å²) < 4.78 is 0. The van der Waals surface area contributed by atoms with Crippen LogP contribution in [-0.2, 0) is 17.6 Å². The van der Waals surface area contributed by atoms with Crippen LogP contribution in [0.15, 0.2) is 18.2 Å². The van der Waals surface area contributed by atoms with E-state index in [1.165, 1.54) is 16.0 Å². The van der Waals surface area contributed by atoms with Crippen LogP contribution in [0.3, 0.4) is 0 Å². The zero-order valence-electron chi connectivity index (χ0n) is 11.3. The number of carbonyl (C=O) groups is 2. The summed E-state index contributed by atoms with van der Waals surface area (Å²) in [5, 5.41) is 9.10. The topological polar surface area (TPSA) is 57.6 Å². The summed E-state index contributed by atoms with van der Waals surface area (Å²) in [5.41, 5.74) is 3.12. The number of likely N-dealkylation sites (N-methyl/N-ethyl adjacent to an activating group) is 1. The van der Waals surface area contributed by atoms with E-state index in [0.29, 0.717) is 12.0 Å². The molecule has 1 atom stereocenters. The minimum Gasteiger partial charge on any atom is -0.480 e. The van der Waals surface area contributed by atoms with E-state index in [9.17, 15) is 9.59 Å². The maximum absolute atomic E-state index is 12.3. The van der Waals surface area contributed by atoms with Crippen molar-refractivity contribution in [1.82, 2.24) is 4.90 Å². The minimum atomic E-state index is -0.959. The fraction of sp³-hybridized carbons (Fsp3) is 0.467. The number of hydrogen-bond acceptors (Lipinski definition) is 2. The molecule has 0 bridgehead atoms. The van der Waals surface area contributed by atoms with E-state index in [4.69, 9.17) is 5.11 Å². The Kier molecular flexibility index (Phi) is 3.88. The molecule has 0 aliphatic heterocycles. The Hall–Kier alpha value is -1.84. The Balaban J connectivity index is 2.21. The first-order chi connectivity index (χ1) is 9.04. The van der Waals surface area contributed by atoms with E-state index in [2.05, 4.69) is 0 Å². The van der Waals surface area contributed by atoms with Crippen molar-refractivity contribution in [2.75, 3.05) is 7.05 Å². The smallest absolute Gasteiger partial charge is 0.326 e. The van der Waals surface area contributed by atoms with Crippen molar-refractivity contribution in [3.63, 3.8) is 0 Å². The van der Waals surface area contributed by atoms with Gasteiger partial charge in [-0.25, -0.2) is 4.79 Å². The molecule has 102 valence electrons. The van der Waals surface area contributed by atoms with Gasteiger partial charge in [0.1, 0.15) is 6.04 Å². The number of aliphatic carboxylic acids is 1. The van der Waals surface area contributed by atoms with Crippen LogP contribution < -0.4 is 0 Å². The molecule has 4 heteroatoms. The van der Waals surface area contributed by atoms with Crippen molar-refractivity contribution in [1.29, 1.82) is 0 Å². The molecule has 1 aliphatic carbocycles. The number of amides is 1. The van der Waals surface area contributed by atoms with Crippen LogP contribution >= 0.6 is 0 Å². The molecule has 1 amide bonds. The number of benzene rings is 1. The molecule has 0 fully saturated rings. The monoisotopic (exact) mass is 261 g/mol. The lowest BCUT2D eigenvalue weighted by molar-refractivity contribution is -0.142. The first-order valence-electron chi connectivity index (χ1n) is 6.66. The second-order valence-electron chi connectivity index (χ2n) is 5.02. The first kappa shape index (κ1) is 13.6. The summed E-state index contributed by atoms with van der Waals surface area (Å²) >= 11 is 0. The van der Waals surface area contributed by atoms with E-state index >= 15 is 0 Å².